The number of nitrogens with one attached hydrogen (secondary N) is 1. The summed E-state index contributed by atoms with van der Waals surface area (Å²) < 4.78 is 32.6. The first kappa shape index (κ1) is 16.9. The Balaban J connectivity index is 2.02. The van der Waals surface area contributed by atoms with Gasteiger partial charge in [-0.2, -0.15) is 4.31 Å². The van der Waals surface area contributed by atoms with Gasteiger partial charge in [-0.25, -0.2) is 8.42 Å². The third-order valence-electron chi connectivity index (χ3n) is 3.36. The van der Waals surface area contributed by atoms with Gasteiger partial charge >= 0.3 is 0 Å². The molecule has 120 valence electrons. The van der Waals surface area contributed by atoms with Crippen molar-refractivity contribution < 1.29 is 13.2 Å². The van der Waals surface area contributed by atoms with Gasteiger partial charge in [-0.1, -0.05) is 13.8 Å². The fraction of sp³-hybridized carbons (Fsp3) is 0.714. The molecular weight excluding hydrogens is 308 g/mol. The van der Waals surface area contributed by atoms with Crippen LogP contribution in [0.4, 0.5) is 0 Å². The molecule has 0 radical (unpaired) electrons. The summed E-state index contributed by atoms with van der Waals surface area (Å²) >= 11 is 1.38. The van der Waals surface area contributed by atoms with Gasteiger partial charge in [0, 0.05) is 30.6 Å². The number of morpholine rings is 1. The second kappa shape index (κ2) is 7.19. The zero-order chi connectivity index (χ0) is 15.5. The molecule has 1 aliphatic rings. The lowest BCUT2D eigenvalue weighted by atomic mass is 10.3. The quantitative estimate of drug-likeness (QED) is 0.861. The number of nitrogens with zero attached hydrogens (tertiary/aromatic N) is 1. The van der Waals surface area contributed by atoms with Crippen molar-refractivity contribution in [2.24, 2.45) is 0 Å². The highest BCUT2D eigenvalue weighted by atomic mass is 32.2. The fourth-order valence-corrected chi connectivity index (χ4v) is 5.26. The Hall–Kier alpha value is -0.470. The number of ether oxygens (including phenoxy) is 1. The first-order valence-corrected chi connectivity index (χ1v) is 9.59. The molecule has 0 saturated carbocycles. The molecule has 0 aromatic carbocycles. The summed E-state index contributed by atoms with van der Waals surface area (Å²) in [4.78, 5) is 1.10. The average Bonchev–Trinajstić information content (AvgIpc) is 2.88. The third kappa shape index (κ3) is 4.50. The zero-order valence-electron chi connectivity index (χ0n) is 12.8. The summed E-state index contributed by atoms with van der Waals surface area (Å²) in [6, 6.07) is 4.09. The molecule has 1 atom stereocenters. The second-order valence-corrected chi connectivity index (χ2v) is 8.96. The van der Waals surface area contributed by atoms with Crippen LogP contribution in [0.1, 0.15) is 25.6 Å². The van der Waals surface area contributed by atoms with Crippen LogP contribution in [0, 0.1) is 0 Å². The Morgan fingerprint density at radius 2 is 2.24 bits per heavy atom. The Labute approximate surface area is 131 Å². The fourth-order valence-electron chi connectivity index (χ4n) is 2.25. The van der Waals surface area contributed by atoms with Crippen LogP contribution in [0.15, 0.2) is 16.3 Å². The van der Waals surface area contributed by atoms with Gasteiger partial charge < -0.3 is 10.1 Å². The topological polar surface area (TPSA) is 58.6 Å². The number of hydrogen-bond donors (Lipinski definition) is 1. The van der Waals surface area contributed by atoms with Crippen molar-refractivity contribution in [3.05, 3.63) is 17.0 Å². The molecule has 1 saturated heterocycles. The normalized spacial score (nSPS) is 21.0. The van der Waals surface area contributed by atoms with E-state index in [1.807, 2.05) is 13.0 Å². The van der Waals surface area contributed by atoms with Crippen molar-refractivity contribution in [1.82, 2.24) is 9.62 Å². The first-order valence-electron chi connectivity index (χ1n) is 7.33. The zero-order valence-corrected chi connectivity index (χ0v) is 14.5. The van der Waals surface area contributed by atoms with Gasteiger partial charge in [0.1, 0.15) is 4.21 Å². The highest BCUT2D eigenvalue weighted by Crippen LogP contribution is 2.26. The minimum atomic E-state index is -3.36. The van der Waals surface area contributed by atoms with Crippen molar-refractivity contribution in [3.63, 3.8) is 0 Å². The van der Waals surface area contributed by atoms with Crippen molar-refractivity contribution in [1.29, 1.82) is 0 Å². The summed E-state index contributed by atoms with van der Waals surface area (Å²) in [5.41, 5.74) is 0. The molecule has 2 heterocycles. The van der Waals surface area contributed by atoms with Gasteiger partial charge in [-0.3, -0.25) is 0 Å². The number of sulfonamides is 1. The molecule has 1 aliphatic heterocycles. The molecule has 1 unspecified atom stereocenters. The summed E-state index contributed by atoms with van der Waals surface area (Å²) in [6.07, 6.45) is 0.820. The SMILES string of the molecule is CC(C)NCCc1ccc(S(=O)(=O)N2CCOC(C)C2)s1. The molecule has 1 fully saturated rings. The molecule has 0 bridgehead atoms. The van der Waals surface area contributed by atoms with Gasteiger partial charge in [0.2, 0.25) is 0 Å². The summed E-state index contributed by atoms with van der Waals surface area (Å²) in [6.45, 7) is 8.31. The Bertz CT molecular complexity index is 554. The van der Waals surface area contributed by atoms with Gasteiger partial charge in [0.15, 0.2) is 0 Å². The summed E-state index contributed by atoms with van der Waals surface area (Å²) in [5, 5.41) is 3.34. The van der Waals surface area contributed by atoms with Crippen LogP contribution in [0.2, 0.25) is 0 Å². The summed E-state index contributed by atoms with van der Waals surface area (Å²) in [7, 11) is -3.36. The van der Waals surface area contributed by atoms with Crippen LogP contribution < -0.4 is 5.32 Å². The van der Waals surface area contributed by atoms with E-state index in [-0.39, 0.29) is 6.10 Å². The Kier molecular flexibility index (Phi) is 5.79. The van der Waals surface area contributed by atoms with E-state index in [0.717, 1.165) is 17.8 Å². The van der Waals surface area contributed by atoms with E-state index in [1.54, 1.807) is 6.07 Å². The molecule has 5 nitrogen and oxygen atoms in total. The van der Waals surface area contributed by atoms with E-state index >= 15 is 0 Å². The summed E-state index contributed by atoms with van der Waals surface area (Å²) in [5.74, 6) is 0. The molecule has 21 heavy (non-hydrogen) atoms. The van der Waals surface area contributed by atoms with Crippen molar-refractivity contribution >= 4 is 21.4 Å². The van der Waals surface area contributed by atoms with Gasteiger partial charge in [0.05, 0.1) is 12.7 Å². The molecular formula is C14H24N2O3S2. The van der Waals surface area contributed by atoms with Crippen LogP contribution in [0.5, 0.6) is 0 Å². The highest BCUT2D eigenvalue weighted by Gasteiger charge is 2.30. The van der Waals surface area contributed by atoms with Crippen LogP contribution in [-0.4, -0.2) is 51.1 Å². The van der Waals surface area contributed by atoms with E-state index in [9.17, 15) is 8.42 Å². The maximum Gasteiger partial charge on any atom is 0.252 e. The smallest absolute Gasteiger partial charge is 0.252 e. The van der Waals surface area contributed by atoms with E-state index in [2.05, 4.69) is 19.2 Å². The van der Waals surface area contributed by atoms with Crippen LogP contribution in [-0.2, 0) is 21.2 Å². The van der Waals surface area contributed by atoms with Gasteiger partial charge in [-0.05, 0) is 25.5 Å². The molecule has 1 N–H and O–H groups in total. The van der Waals surface area contributed by atoms with Gasteiger partial charge in [0.25, 0.3) is 10.0 Å². The molecule has 7 heteroatoms. The maximum atomic E-state index is 12.6. The second-order valence-electron chi connectivity index (χ2n) is 5.62. The Morgan fingerprint density at radius 3 is 2.90 bits per heavy atom. The number of thiophene rings is 1. The molecule has 0 aliphatic carbocycles. The van der Waals surface area contributed by atoms with Crippen molar-refractivity contribution in [2.75, 3.05) is 26.2 Å². The maximum absolute atomic E-state index is 12.6. The molecule has 1 aromatic heterocycles. The van der Waals surface area contributed by atoms with E-state index in [0.29, 0.717) is 29.9 Å². The number of hydrogen-bond acceptors (Lipinski definition) is 5. The lowest BCUT2D eigenvalue weighted by Crippen LogP contribution is -2.44. The number of rotatable bonds is 6. The van der Waals surface area contributed by atoms with E-state index in [4.69, 9.17) is 4.74 Å². The van der Waals surface area contributed by atoms with E-state index in [1.165, 1.54) is 15.6 Å². The highest BCUT2D eigenvalue weighted by molar-refractivity contribution is 7.91. The minimum Gasteiger partial charge on any atom is -0.376 e. The van der Waals surface area contributed by atoms with Crippen LogP contribution in [0.3, 0.4) is 0 Å². The van der Waals surface area contributed by atoms with Crippen LogP contribution in [0.25, 0.3) is 0 Å². The van der Waals surface area contributed by atoms with E-state index < -0.39 is 10.0 Å². The molecule has 2 rings (SSSR count). The lowest BCUT2D eigenvalue weighted by molar-refractivity contribution is 0.0102. The van der Waals surface area contributed by atoms with Crippen molar-refractivity contribution in [2.45, 2.75) is 43.5 Å². The van der Waals surface area contributed by atoms with Gasteiger partial charge in [-0.15, -0.1) is 11.3 Å². The van der Waals surface area contributed by atoms with Crippen LogP contribution >= 0.6 is 11.3 Å². The predicted octanol–water partition coefficient (Wildman–Crippen LogP) is 1.70. The third-order valence-corrected chi connectivity index (χ3v) is 6.84. The molecule has 1 aromatic rings. The predicted molar refractivity (Wildman–Crippen MR) is 85.3 cm³/mol. The largest absolute Gasteiger partial charge is 0.376 e. The molecule has 0 amide bonds. The standard InChI is InChI=1S/C14H24N2O3S2/c1-11(2)15-7-6-13-4-5-14(20-13)21(17,18)16-8-9-19-12(3)10-16/h4-5,11-12,15H,6-10H2,1-3H3. The van der Waals surface area contributed by atoms with Crippen molar-refractivity contribution in [3.8, 4) is 0 Å². The molecule has 0 spiro atoms. The average molecular weight is 332 g/mol. The first-order chi connectivity index (χ1) is 9.89. The lowest BCUT2D eigenvalue weighted by Gasteiger charge is -2.29. The monoisotopic (exact) mass is 332 g/mol. The Morgan fingerprint density at radius 1 is 1.48 bits per heavy atom. The minimum absolute atomic E-state index is 0.0387.